The average molecular weight is 734 g/mol. The molecule has 1 rings (SSSR count). The first kappa shape index (κ1) is 47.0. The number of allylic oxidation sites excluding steroid dienone is 2. The van der Waals surface area contributed by atoms with Crippen molar-refractivity contribution in [3.8, 4) is 0 Å². The molecule has 0 aromatic rings. The lowest BCUT2D eigenvalue weighted by atomic mass is 9.89. The van der Waals surface area contributed by atoms with Gasteiger partial charge in [0.2, 0.25) is 23.6 Å². The molecular weight excluding hydrogens is 662 g/mol. The Kier molecular flexibility index (Phi) is 20.1. The van der Waals surface area contributed by atoms with Crippen LogP contribution >= 0.6 is 0 Å². The summed E-state index contributed by atoms with van der Waals surface area (Å²) in [6.45, 7) is 23.2. The second kappa shape index (κ2) is 22.2. The molecule has 0 aromatic carbocycles. The molecule has 0 spiro atoms. The number of hydrogen-bond acceptors (Lipinski definition) is 8. The van der Waals surface area contributed by atoms with E-state index in [2.05, 4.69) is 23.8 Å². The Morgan fingerprint density at radius 3 is 2.02 bits per heavy atom. The monoisotopic (exact) mass is 734 g/mol. The zero-order chi connectivity index (χ0) is 40.0. The van der Waals surface area contributed by atoms with Gasteiger partial charge in [-0.15, -0.1) is 0 Å². The van der Waals surface area contributed by atoms with Crippen molar-refractivity contribution in [3.63, 3.8) is 0 Å². The van der Waals surface area contributed by atoms with E-state index in [9.17, 15) is 24.3 Å². The van der Waals surface area contributed by atoms with Crippen LogP contribution < -0.4 is 10.6 Å². The lowest BCUT2D eigenvalue weighted by Crippen LogP contribution is -2.59. The van der Waals surface area contributed by atoms with Crippen LogP contribution in [0.4, 0.5) is 0 Å². The summed E-state index contributed by atoms with van der Waals surface area (Å²) in [5.74, 6) is -1.67. The first-order chi connectivity index (χ1) is 24.3. The highest BCUT2D eigenvalue weighted by Crippen LogP contribution is 2.30. The molecule has 10 atom stereocenters. The van der Waals surface area contributed by atoms with Crippen LogP contribution in [0, 0.1) is 23.7 Å². The standard InChI is InChI=1S/C40H71N5O7/c1-16-20-29(18-3)36(47)28(10)41-38(48)27(9)37(52-15)30-21-19-22-45(30)32(46)23-31(51-14)35(26(8)17-2)44(13)40(50)33(24(4)5)42-39(49)34(25(6)7)43(11)12/h16,18,20,24-28,30-31,33-37,47H,1,3,17,19,21-23H2,2,4-15H3,(H,41,48)(H,42,49)/b29-20+/t26?,27?,28?,30?,31?,33-,34?,35?,36?,37?/m0/s1. The summed E-state index contributed by atoms with van der Waals surface area (Å²) in [5.41, 5.74) is 0.538. The molecule has 1 aliphatic heterocycles. The second-order valence-electron chi connectivity index (χ2n) is 15.3. The van der Waals surface area contributed by atoms with E-state index >= 15 is 0 Å². The van der Waals surface area contributed by atoms with E-state index < -0.39 is 48.4 Å². The highest BCUT2D eigenvalue weighted by molar-refractivity contribution is 5.90. The number of nitrogens with one attached hydrogen (secondary N) is 2. The van der Waals surface area contributed by atoms with E-state index in [1.54, 1.807) is 57.1 Å². The number of likely N-dealkylation sites (tertiary alicyclic amines) is 1. The number of ether oxygens (including phenoxy) is 2. The summed E-state index contributed by atoms with van der Waals surface area (Å²) in [6.07, 6.45) is 4.69. The van der Waals surface area contributed by atoms with Gasteiger partial charge in [-0.2, -0.15) is 0 Å². The molecule has 0 radical (unpaired) electrons. The fourth-order valence-corrected chi connectivity index (χ4v) is 7.56. The van der Waals surface area contributed by atoms with Gasteiger partial charge in [0.25, 0.3) is 0 Å². The smallest absolute Gasteiger partial charge is 0.245 e. The molecule has 0 aromatic heterocycles. The largest absolute Gasteiger partial charge is 0.386 e. The van der Waals surface area contributed by atoms with Gasteiger partial charge >= 0.3 is 0 Å². The van der Waals surface area contributed by atoms with Gasteiger partial charge in [0.1, 0.15) is 6.04 Å². The van der Waals surface area contributed by atoms with Crippen molar-refractivity contribution >= 4 is 23.6 Å². The van der Waals surface area contributed by atoms with Crippen molar-refractivity contribution in [2.24, 2.45) is 23.7 Å². The molecule has 0 aliphatic carbocycles. The van der Waals surface area contributed by atoms with Crippen molar-refractivity contribution in [1.29, 1.82) is 0 Å². The number of amides is 4. The number of hydrogen-bond donors (Lipinski definition) is 3. The molecule has 0 saturated carbocycles. The highest BCUT2D eigenvalue weighted by Gasteiger charge is 2.43. The second-order valence-corrected chi connectivity index (χ2v) is 15.3. The molecular formula is C40H71N5O7. The lowest BCUT2D eigenvalue weighted by molar-refractivity contribution is -0.148. The first-order valence-electron chi connectivity index (χ1n) is 18.9. The number of likely N-dealkylation sites (N-methyl/N-ethyl adjacent to an activating group) is 2. The van der Waals surface area contributed by atoms with Crippen molar-refractivity contribution in [2.45, 2.75) is 130 Å². The Morgan fingerprint density at radius 2 is 1.56 bits per heavy atom. The maximum atomic E-state index is 14.2. The van der Waals surface area contributed by atoms with Crippen LogP contribution in [-0.4, -0.2) is 134 Å². The van der Waals surface area contributed by atoms with Gasteiger partial charge in [0.05, 0.1) is 54.8 Å². The van der Waals surface area contributed by atoms with E-state index in [4.69, 9.17) is 9.47 Å². The summed E-state index contributed by atoms with van der Waals surface area (Å²) in [5, 5.41) is 16.7. The maximum absolute atomic E-state index is 14.2. The predicted octanol–water partition coefficient (Wildman–Crippen LogP) is 3.80. The Hall–Kier alpha value is -3.06. The number of carbonyl (C=O) groups excluding carboxylic acids is 4. The van der Waals surface area contributed by atoms with Gasteiger partial charge in [-0.1, -0.05) is 86.3 Å². The average Bonchev–Trinajstić information content (AvgIpc) is 3.57. The van der Waals surface area contributed by atoms with Gasteiger partial charge < -0.3 is 35.0 Å². The lowest BCUT2D eigenvalue weighted by Gasteiger charge is -2.41. The van der Waals surface area contributed by atoms with Gasteiger partial charge in [0, 0.05) is 27.8 Å². The third-order valence-electron chi connectivity index (χ3n) is 10.7. The molecule has 298 valence electrons. The van der Waals surface area contributed by atoms with Crippen LogP contribution in [0.3, 0.4) is 0 Å². The quantitative estimate of drug-likeness (QED) is 0.143. The number of nitrogens with zero attached hydrogens (tertiary/aromatic N) is 3. The van der Waals surface area contributed by atoms with Gasteiger partial charge in [-0.25, -0.2) is 0 Å². The summed E-state index contributed by atoms with van der Waals surface area (Å²) in [7, 11) is 8.53. The SMILES string of the molecule is C=C/C=C(\C=C)C(O)C(C)NC(=O)C(C)C(OC)C1CCCN1C(=O)CC(OC)C(C(C)CC)N(C)C(=O)[C@@H](NC(=O)C(C(C)C)N(C)C)C(C)C. The molecule has 3 N–H and O–H groups in total. The van der Waals surface area contributed by atoms with Crippen molar-refractivity contribution in [3.05, 3.63) is 37.0 Å². The number of aliphatic hydroxyl groups is 1. The Bertz CT molecular complexity index is 1210. The predicted molar refractivity (Wildman–Crippen MR) is 207 cm³/mol. The van der Waals surface area contributed by atoms with Crippen LogP contribution in [0.15, 0.2) is 37.0 Å². The van der Waals surface area contributed by atoms with E-state index in [0.717, 1.165) is 12.8 Å². The Balaban J connectivity index is 3.27. The van der Waals surface area contributed by atoms with E-state index in [1.165, 1.54) is 6.08 Å². The summed E-state index contributed by atoms with van der Waals surface area (Å²) >= 11 is 0. The normalized spacial score (nSPS) is 20.4. The van der Waals surface area contributed by atoms with Crippen LogP contribution in [0.1, 0.15) is 81.1 Å². The van der Waals surface area contributed by atoms with Crippen molar-refractivity contribution in [1.82, 2.24) is 25.3 Å². The van der Waals surface area contributed by atoms with E-state index in [0.29, 0.717) is 18.5 Å². The minimum Gasteiger partial charge on any atom is -0.386 e. The molecule has 12 nitrogen and oxygen atoms in total. The zero-order valence-electron chi connectivity index (χ0n) is 34.3. The molecule has 12 heteroatoms. The van der Waals surface area contributed by atoms with Gasteiger partial charge in [-0.05, 0) is 57.2 Å². The third kappa shape index (κ3) is 12.2. The van der Waals surface area contributed by atoms with Gasteiger partial charge in [0.15, 0.2) is 0 Å². The topological polar surface area (TPSA) is 141 Å². The summed E-state index contributed by atoms with van der Waals surface area (Å²) in [4.78, 5) is 60.5. The third-order valence-corrected chi connectivity index (χ3v) is 10.7. The Labute approximate surface area is 314 Å². The zero-order valence-corrected chi connectivity index (χ0v) is 34.3. The number of carbonyl (C=O) groups is 4. The number of aliphatic hydroxyl groups excluding tert-OH is 1. The fourth-order valence-electron chi connectivity index (χ4n) is 7.56. The van der Waals surface area contributed by atoms with Gasteiger partial charge in [-0.3, -0.25) is 24.1 Å². The van der Waals surface area contributed by atoms with Crippen molar-refractivity contribution < 1.29 is 33.8 Å². The molecule has 9 unspecified atom stereocenters. The fraction of sp³-hybridized carbons (Fsp3) is 0.750. The van der Waals surface area contributed by atoms with E-state index in [-0.39, 0.29) is 53.8 Å². The molecule has 1 heterocycles. The highest BCUT2D eigenvalue weighted by atomic mass is 16.5. The van der Waals surface area contributed by atoms with Crippen LogP contribution in [0.2, 0.25) is 0 Å². The minimum atomic E-state index is -0.978. The van der Waals surface area contributed by atoms with Crippen LogP contribution in [-0.2, 0) is 28.7 Å². The molecule has 4 amide bonds. The van der Waals surface area contributed by atoms with Crippen molar-refractivity contribution in [2.75, 3.05) is 41.9 Å². The molecule has 0 bridgehead atoms. The summed E-state index contributed by atoms with van der Waals surface area (Å²) in [6, 6.07) is -2.57. The summed E-state index contributed by atoms with van der Waals surface area (Å²) < 4.78 is 11.9. The molecule has 1 fully saturated rings. The molecule has 52 heavy (non-hydrogen) atoms. The first-order valence-corrected chi connectivity index (χ1v) is 18.9. The minimum absolute atomic E-state index is 0.0224. The molecule has 1 saturated heterocycles. The molecule has 1 aliphatic rings. The van der Waals surface area contributed by atoms with Crippen LogP contribution in [0.25, 0.3) is 0 Å². The number of methoxy groups -OCH3 is 2. The number of rotatable bonds is 22. The van der Waals surface area contributed by atoms with E-state index in [1.807, 2.05) is 60.5 Å². The Morgan fingerprint density at radius 1 is 0.942 bits per heavy atom. The maximum Gasteiger partial charge on any atom is 0.245 e. The van der Waals surface area contributed by atoms with Crippen LogP contribution in [0.5, 0.6) is 0 Å².